The Kier molecular flexibility index (Phi) is 3.08. The minimum Gasteiger partial charge on any atom is -0.325 e. The summed E-state index contributed by atoms with van der Waals surface area (Å²) < 4.78 is 1.45. The number of anilines is 1. The summed E-state index contributed by atoms with van der Waals surface area (Å²) in [7, 11) is 0. The number of nitriles is 1. The van der Waals surface area contributed by atoms with Gasteiger partial charge in [-0.2, -0.15) is 10.4 Å². The summed E-state index contributed by atoms with van der Waals surface area (Å²) in [5.74, 6) is -0.515. The van der Waals surface area contributed by atoms with E-state index in [1.165, 1.54) is 10.7 Å². The van der Waals surface area contributed by atoms with Gasteiger partial charge in [0.05, 0.1) is 17.1 Å². The van der Waals surface area contributed by atoms with Crippen LogP contribution in [0.2, 0.25) is 0 Å². The summed E-state index contributed by atoms with van der Waals surface area (Å²) in [6.45, 7) is 0. The van der Waals surface area contributed by atoms with Crippen LogP contribution in [0.15, 0.2) is 29.2 Å². The zero-order valence-corrected chi connectivity index (χ0v) is 11.3. The van der Waals surface area contributed by atoms with Crippen molar-refractivity contribution in [2.75, 3.05) is 11.2 Å². The Bertz CT molecular complexity index is 966. The van der Waals surface area contributed by atoms with Crippen LogP contribution in [0.5, 0.6) is 0 Å². The molecule has 2 N–H and O–H groups in total. The molecule has 2 aromatic heterocycles. The quantitative estimate of drug-likeness (QED) is 0.695. The number of hydrogen-bond donors (Lipinski definition) is 2. The van der Waals surface area contributed by atoms with Crippen molar-refractivity contribution in [1.82, 2.24) is 14.6 Å². The molecular formula is C13H8ClN5O2. The number of nitrogens with one attached hydrogen (secondary N) is 2. The van der Waals surface area contributed by atoms with Crippen molar-refractivity contribution in [1.29, 1.82) is 5.26 Å². The van der Waals surface area contributed by atoms with Crippen LogP contribution >= 0.6 is 11.6 Å². The summed E-state index contributed by atoms with van der Waals surface area (Å²) >= 11 is 5.44. The second-order valence-corrected chi connectivity index (χ2v) is 4.57. The molecular weight excluding hydrogens is 294 g/mol. The average molecular weight is 302 g/mol. The van der Waals surface area contributed by atoms with Crippen LogP contribution < -0.4 is 10.9 Å². The molecule has 8 heteroatoms. The first-order chi connectivity index (χ1) is 10.1. The van der Waals surface area contributed by atoms with E-state index >= 15 is 0 Å². The molecule has 0 bridgehead atoms. The monoisotopic (exact) mass is 301 g/mol. The summed E-state index contributed by atoms with van der Waals surface area (Å²) in [6, 6.07) is 6.74. The van der Waals surface area contributed by atoms with Crippen molar-refractivity contribution in [2.24, 2.45) is 0 Å². The molecule has 0 radical (unpaired) electrons. The summed E-state index contributed by atoms with van der Waals surface area (Å²) in [6.07, 6.45) is 1.37. The number of fused-ring (bicyclic) bond motifs is 3. The van der Waals surface area contributed by atoms with Crippen molar-refractivity contribution < 1.29 is 4.79 Å². The topological polar surface area (TPSA) is 103 Å². The van der Waals surface area contributed by atoms with E-state index in [0.29, 0.717) is 22.2 Å². The van der Waals surface area contributed by atoms with Crippen molar-refractivity contribution in [3.63, 3.8) is 0 Å². The molecule has 0 unspecified atom stereocenters. The van der Waals surface area contributed by atoms with Crippen LogP contribution in [0.25, 0.3) is 16.6 Å². The molecule has 1 aromatic carbocycles. The van der Waals surface area contributed by atoms with Gasteiger partial charge in [-0.05, 0) is 18.2 Å². The number of rotatable bonds is 2. The molecule has 104 valence electrons. The van der Waals surface area contributed by atoms with Gasteiger partial charge in [-0.15, -0.1) is 11.6 Å². The number of carbonyl (C=O) groups is 1. The first-order valence-corrected chi connectivity index (χ1v) is 6.47. The van der Waals surface area contributed by atoms with Gasteiger partial charge in [-0.25, -0.2) is 4.52 Å². The SMILES string of the molecule is N#Cc1cnn2c1[nH]c(=O)c1ccc(NC(=O)CCl)cc12. The lowest BCUT2D eigenvalue weighted by molar-refractivity contribution is -0.113. The molecule has 0 aliphatic carbocycles. The average Bonchev–Trinajstić information content (AvgIpc) is 2.90. The minimum absolute atomic E-state index is 0.164. The van der Waals surface area contributed by atoms with Gasteiger partial charge in [0.25, 0.3) is 5.56 Å². The van der Waals surface area contributed by atoms with Gasteiger partial charge < -0.3 is 10.3 Å². The van der Waals surface area contributed by atoms with Gasteiger partial charge in [-0.3, -0.25) is 9.59 Å². The molecule has 21 heavy (non-hydrogen) atoms. The van der Waals surface area contributed by atoms with Crippen LogP contribution in [0.4, 0.5) is 5.69 Å². The van der Waals surface area contributed by atoms with Gasteiger partial charge in [0.2, 0.25) is 5.91 Å². The molecule has 2 heterocycles. The third-order valence-electron chi connectivity index (χ3n) is 3.00. The molecule has 0 aliphatic rings. The van der Waals surface area contributed by atoms with E-state index in [1.54, 1.807) is 18.2 Å². The zero-order valence-electron chi connectivity index (χ0n) is 10.6. The van der Waals surface area contributed by atoms with E-state index in [9.17, 15) is 9.59 Å². The van der Waals surface area contributed by atoms with Gasteiger partial charge >= 0.3 is 0 Å². The zero-order chi connectivity index (χ0) is 15.0. The fourth-order valence-electron chi connectivity index (χ4n) is 2.08. The number of aromatic nitrogens is 3. The maximum Gasteiger partial charge on any atom is 0.259 e. The van der Waals surface area contributed by atoms with Gasteiger partial charge in [0.15, 0.2) is 5.65 Å². The van der Waals surface area contributed by atoms with E-state index in [1.807, 2.05) is 6.07 Å². The Morgan fingerprint density at radius 1 is 1.52 bits per heavy atom. The largest absolute Gasteiger partial charge is 0.325 e. The Morgan fingerprint density at radius 2 is 2.33 bits per heavy atom. The molecule has 0 aliphatic heterocycles. The Hall–Kier alpha value is -2.85. The van der Waals surface area contributed by atoms with Gasteiger partial charge in [0, 0.05) is 5.69 Å². The highest BCUT2D eigenvalue weighted by Gasteiger charge is 2.11. The molecule has 1 amide bonds. The second kappa shape index (κ2) is 4.92. The Morgan fingerprint density at radius 3 is 3.05 bits per heavy atom. The number of benzene rings is 1. The van der Waals surface area contributed by atoms with Gasteiger partial charge in [0.1, 0.15) is 17.5 Å². The minimum atomic E-state index is -0.352. The standard InChI is InChI=1S/C13H8ClN5O2/c14-4-11(20)17-8-1-2-9-10(3-8)19-12(18-13(9)21)7(5-15)6-16-19/h1-3,6H,4H2,(H,17,20)(H,18,21). The number of carbonyl (C=O) groups excluding carboxylic acids is 1. The Labute approximate surface area is 122 Å². The molecule has 0 spiro atoms. The van der Waals surface area contributed by atoms with Crippen LogP contribution in [-0.4, -0.2) is 26.4 Å². The molecule has 3 rings (SSSR count). The lowest BCUT2D eigenvalue weighted by Gasteiger charge is -2.06. The molecule has 7 nitrogen and oxygen atoms in total. The van der Waals surface area contributed by atoms with Crippen molar-refractivity contribution >= 4 is 39.7 Å². The van der Waals surface area contributed by atoms with E-state index in [0.717, 1.165) is 0 Å². The summed E-state index contributed by atoms with van der Waals surface area (Å²) in [4.78, 5) is 26.0. The number of hydrogen-bond acceptors (Lipinski definition) is 4. The summed E-state index contributed by atoms with van der Waals surface area (Å²) in [5.41, 5.74) is 1.24. The first-order valence-electron chi connectivity index (χ1n) is 5.93. The maximum absolute atomic E-state index is 12.0. The number of alkyl halides is 1. The van der Waals surface area contributed by atoms with Crippen molar-refractivity contribution in [2.45, 2.75) is 0 Å². The maximum atomic E-state index is 12.0. The van der Waals surface area contributed by atoms with Crippen LogP contribution in [0, 0.1) is 11.3 Å². The lowest BCUT2D eigenvalue weighted by atomic mass is 10.2. The molecule has 3 aromatic rings. The molecule has 0 atom stereocenters. The first kappa shape index (κ1) is 13.1. The predicted molar refractivity (Wildman–Crippen MR) is 77.4 cm³/mol. The second-order valence-electron chi connectivity index (χ2n) is 4.30. The van der Waals surface area contributed by atoms with E-state index in [2.05, 4.69) is 15.4 Å². The highest BCUT2D eigenvalue weighted by atomic mass is 35.5. The Balaban J connectivity index is 2.30. The lowest BCUT2D eigenvalue weighted by Crippen LogP contribution is -2.14. The van der Waals surface area contributed by atoms with Crippen molar-refractivity contribution in [3.05, 3.63) is 40.3 Å². The van der Waals surface area contributed by atoms with E-state index < -0.39 is 0 Å². The normalized spacial score (nSPS) is 10.7. The van der Waals surface area contributed by atoms with Crippen molar-refractivity contribution in [3.8, 4) is 6.07 Å². The smallest absolute Gasteiger partial charge is 0.259 e. The fourth-order valence-corrected chi connectivity index (χ4v) is 2.15. The summed E-state index contributed by atoms with van der Waals surface area (Å²) in [5, 5.41) is 16.1. The van der Waals surface area contributed by atoms with Crippen LogP contribution in [0.1, 0.15) is 5.56 Å². The van der Waals surface area contributed by atoms with E-state index in [4.69, 9.17) is 16.9 Å². The van der Waals surface area contributed by atoms with Crippen LogP contribution in [-0.2, 0) is 4.79 Å². The molecule has 0 saturated carbocycles. The highest BCUT2D eigenvalue weighted by Crippen LogP contribution is 2.18. The third kappa shape index (κ3) is 2.11. The van der Waals surface area contributed by atoms with E-state index in [-0.39, 0.29) is 22.9 Å². The molecule has 0 saturated heterocycles. The number of halogens is 1. The number of H-pyrrole nitrogens is 1. The number of amides is 1. The third-order valence-corrected chi connectivity index (χ3v) is 3.24. The van der Waals surface area contributed by atoms with Gasteiger partial charge in [-0.1, -0.05) is 0 Å². The fraction of sp³-hybridized carbons (Fsp3) is 0.0769. The number of aromatic amines is 1. The predicted octanol–water partition coefficient (Wildman–Crippen LogP) is 1.22. The molecule has 0 fully saturated rings. The van der Waals surface area contributed by atoms with Crippen LogP contribution in [0.3, 0.4) is 0 Å². The number of nitrogens with zero attached hydrogens (tertiary/aromatic N) is 3. The highest BCUT2D eigenvalue weighted by molar-refractivity contribution is 6.29.